The van der Waals surface area contributed by atoms with E-state index in [0.29, 0.717) is 6.54 Å². The molecule has 1 atom stereocenters. The highest BCUT2D eigenvalue weighted by Gasteiger charge is 2.27. The molecule has 3 N–H and O–H groups in total. The van der Waals surface area contributed by atoms with E-state index in [1.54, 1.807) is 6.07 Å². The Morgan fingerprint density at radius 1 is 1.16 bits per heavy atom. The fraction of sp³-hybridized carbons (Fsp3) is 0.353. The van der Waals surface area contributed by atoms with Crippen molar-refractivity contribution < 1.29 is 13.2 Å². The number of sulfonamides is 1. The Labute approximate surface area is 151 Å². The van der Waals surface area contributed by atoms with Crippen molar-refractivity contribution in [1.29, 1.82) is 0 Å². The van der Waals surface area contributed by atoms with Crippen molar-refractivity contribution in [2.45, 2.75) is 29.6 Å². The molecule has 1 amide bonds. The lowest BCUT2D eigenvalue weighted by molar-refractivity contribution is -0.132. The molecule has 1 saturated heterocycles. The van der Waals surface area contributed by atoms with Crippen LogP contribution < -0.4 is 10.5 Å². The average molecular weight is 380 g/mol. The van der Waals surface area contributed by atoms with Gasteiger partial charge in [-0.1, -0.05) is 30.3 Å². The minimum atomic E-state index is -3.69. The standard InChI is InChI=1S/C17H21N3O3S2/c18-25(22,23)15-9-8-14(24-15)12-19-16(13-6-2-1-3-7-13)17(21)20-10-4-5-11-20/h1-3,6-9,16,19H,4-5,10-12H2,(H2,18,22,23). The first-order valence-corrected chi connectivity index (χ1v) is 10.5. The lowest BCUT2D eigenvalue weighted by Crippen LogP contribution is -2.39. The van der Waals surface area contributed by atoms with Crippen molar-refractivity contribution in [2.24, 2.45) is 5.14 Å². The molecule has 8 heteroatoms. The molecule has 1 unspecified atom stereocenters. The lowest BCUT2D eigenvalue weighted by Gasteiger charge is -2.24. The van der Waals surface area contributed by atoms with Gasteiger partial charge < -0.3 is 4.90 Å². The van der Waals surface area contributed by atoms with E-state index in [1.807, 2.05) is 35.2 Å². The number of benzene rings is 1. The van der Waals surface area contributed by atoms with Gasteiger partial charge in [0.2, 0.25) is 15.9 Å². The second-order valence-corrected chi connectivity index (χ2v) is 8.98. The molecule has 3 rings (SSSR count). The summed E-state index contributed by atoms with van der Waals surface area (Å²) >= 11 is 1.12. The molecule has 0 aliphatic carbocycles. The summed E-state index contributed by atoms with van der Waals surface area (Å²) in [4.78, 5) is 15.6. The number of hydrogen-bond acceptors (Lipinski definition) is 5. The normalized spacial score (nSPS) is 16.1. The smallest absolute Gasteiger partial charge is 0.247 e. The molecule has 6 nitrogen and oxygen atoms in total. The van der Waals surface area contributed by atoms with Crippen LogP contribution in [-0.2, 0) is 21.4 Å². The molecule has 1 fully saturated rings. The summed E-state index contributed by atoms with van der Waals surface area (Å²) in [5, 5.41) is 8.43. The number of primary sulfonamides is 1. The van der Waals surface area contributed by atoms with E-state index in [4.69, 9.17) is 5.14 Å². The molecule has 0 saturated carbocycles. The van der Waals surface area contributed by atoms with E-state index >= 15 is 0 Å². The first kappa shape index (κ1) is 18.1. The minimum Gasteiger partial charge on any atom is -0.341 e. The molecular formula is C17H21N3O3S2. The highest BCUT2D eigenvalue weighted by atomic mass is 32.2. The molecule has 2 heterocycles. The molecule has 134 valence electrons. The Bertz CT molecular complexity index is 828. The van der Waals surface area contributed by atoms with E-state index in [1.165, 1.54) is 6.07 Å². The lowest BCUT2D eigenvalue weighted by atomic mass is 10.1. The molecular weight excluding hydrogens is 358 g/mol. The molecule has 1 aromatic carbocycles. The first-order valence-electron chi connectivity index (χ1n) is 8.14. The average Bonchev–Trinajstić information content (AvgIpc) is 3.27. The van der Waals surface area contributed by atoms with Gasteiger partial charge >= 0.3 is 0 Å². The Morgan fingerprint density at radius 2 is 1.84 bits per heavy atom. The van der Waals surface area contributed by atoms with E-state index < -0.39 is 16.1 Å². The zero-order chi connectivity index (χ0) is 17.9. The Balaban J connectivity index is 1.76. The third kappa shape index (κ3) is 4.46. The number of rotatable bonds is 6. The molecule has 0 spiro atoms. The van der Waals surface area contributed by atoms with Crippen molar-refractivity contribution >= 4 is 27.3 Å². The maximum absolute atomic E-state index is 12.9. The van der Waals surface area contributed by atoms with Crippen molar-refractivity contribution in [2.75, 3.05) is 13.1 Å². The molecule has 0 bridgehead atoms. The number of amides is 1. The van der Waals surface area contributed by atoms with E-state index in [9.17, 15) is 13.2 Å². The maximum atomic E-state index is 12.9. The molecule has 1 aromatic heterocycles. The van der Waals surface area contributed by atoms with Crippen LogP contribution in [0, 0.1) is 0 Å². The van der Waals surface area contributed by atoms with Crippen molar-refractivity contribution in [3.63, 3.8) is 0 Å². The van der Waals surface area contributed by atoms with E-state index in [2.05, 4.69) is 5.32 Å². The number of thiophene rings is 1. The van der Waals surface area contributed by atoms with Gasteiger partial charge in [0, 0.05) is 24.5 Å². The zero-order valence-electron chi connectivity index (χ0n) is 13.7. The van der Waals surface area contributed by atoms with Crippen LogP contribution in [0.2, 0.25) is 0 Å². The second kappa shape index (κ2) is 7.65. The fourth-order valence-corrected chi connectivity index (χ4v) is 4.65. The Hall–Kier alpha value is -1.74. The number of nitrogens with two attached hydrogens (primary N) is 1. The summed E-state index contributed by atoms with van der Waals surface area (Å²) in [6.45, 7) is 1.98. The van der Waals surface area contributed by atoms with E-state index in [0.717, 1.165) is 47.7 Å². The summed E-state index contributed by atoms with van der Waals surface area (Å²) in [5.74, 6) is 0.0620. The van der Waals surface area contributed by atoms with Gasteiger partial charge in [0.05, 0.1) is 0 Å². The Morgan fingerprint density at radius 3 is 2.44 bits per heavy atom. The molecule has 0 radical (unpaired) electrons. The van der Waals surface area contributed by atoms with Crippen LogP contribution in [0.3, 0.4) is 0 Å². The van der Waals surface area contributed by atoms with Gasteiger partial charge in [-0.2, -0.15) is 0 Å². The third-order valence-corrected chi connectivity index (χ3v) is 6.72. The van der Waals surface area contributed by atoms with Crippen LogP contribution in [0.4, 0.5) is 0 Å². The van der Waals surface area contributed by atoms with Crippen molar-refractivity contribution in [3.8, 4) is 0 Å². The number of carbonyl (C=O) groups is 1. The van der Waals surface area contributed by atoms with Crippen molar-refractivity contribution in [1.82, 2.24) is 10.2 Å². The van der Waals surface area contributed by atoms with Crippen LogP contribution in [0.1, 0.15) is 29.3 Å². The third-order valence-electron chi connectivity index (χ3n) is 4.20. The molecule has 1 aliphatic rings. The van der Waals surface area contributed by atoms with Crippen LogP contribution in [-0.4, -0.2) is 32.3 Å². The largest absolute Gasteiger partial charge is 0.341 e. The van der Waals surface area contributed by atoms with Gasteiger partial charge in [0.1, 0.15) is 10.3 Å². The van der Waals surface area contributed by atoms with Crippen LogP contribution in [0.15, 0.2) is 46.7 Å². The molecule has 25 heavy (non-hydrogen) atoms. The number of likely N-dealkylation sites (tertiary alicyclic amines) is 1. The first-order chi connectivity index (χ1) is 11.9. The summed E-state index contributed by atoms with van der Waals surface area (Å²) in [5.41, 5.74) is 0.905. The number of nitrogens with zero attached hydrogens (tertiary/aromatic N) is 1. The van der Waals surface area contributed by atoms with Gasteiger partial charge in [0.15, 0.2) is 0 Å². The highest BCUT2D eigenvalue weighted by molar-refractivity contribution is 7.91. The van der Waals surface area contributed by atoms with Gasteiger partial charge in [-0.15, -0.1) is 11.3 Å². The quantitative estimate of drug-likeness (QED) is 0.801. The zero-order valence-corrected chi connectivity index (χ0v) is 15.4. The SMILES string of the molecule is NS(=O)(=O)c1ccc(CNC(C(=O)N2CCCC2)c2ccccc2)s1. The highest BCUT2D eigenvalue weighted by Crippen LogP contribution is 2.23. The predicted octanol–water partition coefficient (Wildman–Crippen LogP) is 1.85. The number of carbonyl (C=O) groups excluding carboxylic acids is 1. The molecule has 1 aliphatic heterocycles. The predicted molar refractivity (Wildman–Crippen MR) is 97.5 cm³/mol. The Kier molecular flexibility index (Phi) is 5.53. The summed E-state index contributed by atoms with van der Waals surface area (Å²) in [7, 11) is -3.69. The summed E-state index contributed by atoms with van der Waals surface area (Å²) < 4.78 is 22.9. The van der Waals surface area contributed by atoms with Crippen LogP contribution >= 0.6 is 11.3 Å². The summed E-state index contributed by atoms with van der Waals surface area (Å²) in [6, 6.07) is 12.4. The molecule has 2 aromatic rings. The fourth-order valence-electron chi connectivity index (χ4n) is 2.92. The van der Waals surface area contributed by atoms with Crippen LogP contribution in [0.5, 0.6) is 0 Å². The van der Waals surface area contributed by atoms with Gasteiger partial charge in [0.25, 0.3) is 0 Å². The maximum Gasteiger partial charge on any atom is 0.247 e. The van der Waals surface area contributed by atoms with E-state index in [-0.39, 0.29) is 10.1 Å². The van der Waals surface area contributed by atoms with Crippen molar-refractivity contribution in [3.05, 3.63) is 52.9 Å². The minimum absolute atomic E-state index is 0.0620. The topological polar surface area (TPSA) is 92.5 Å². The number of nitrogens with one attached hydrogen (secondary N) is 1. The monoisotopic (exact) mass is 379 g/mol. The summed E-state index contributed by atoms with van der Waals surface area (Å²) in [6.07, 6.45) is 2.08. The van der Waals surface area contributed by atoms with Gasteiger partial charge in [-0.3, -0.25) is 10.1 Å². The van der Waals surface area contributed by atoms with Gasteiger partial charge in [-0.25, -0.2) is 13.6 Å². The van der Waals surface area contributed by atoms with Gasteiger partial charge in [-0.05, 0) is 30.5 Å². The number of hydrogen-bond donors (Lipinski definition) is 2. The second-order valence-electron chi connectivity index (χ2n) is 6.02. The van der Waals surface area contributed by atoms with Crippen LogP contribution in [0.25, 0.3) is 0 Å².